The van der Waals surface area contributed by atoms with Crippen LogP contribution in [0, 0.1) is 0 Å². The Kier molecular flexibility index (Phi) is 5.31. The molecule has 4 rings (SSSR count). The van der Waals surface area contributed by atoms with Crippen LogP contribution in [0.2, 0.25) is 0 Å². The molecule has 5 heteroatoms. The van der Waals surface area contributed by atoms with Crippen molar-refractivity contribution >= 4 is 10.8 Å². The zero-order valence-corrected chi connectivity index (χ0v) is 14.7. The highest BCUT2D eigenvalue weighted by atomic mass is 35.5. The van der Waals surface area contributed by atoms with Crippen LogP contribution < -0.4 is 31.9 Å². The number of hydrogen-bond donors (Lipinski definition) is 1. The lowest BCUT2D eigenvalue weighted by Crippen LogP contribution is -3.00. The van der Waals surface area contributed by atoms with Gasteiger partial charge < -0.3 is 31.9 Å². The molecule has 0 aromatic heterocycles. The van der Waals surface area contributed by atoms with E-state index in [1.807, 2.05) is 18.2 Å². The number of rotatable bonds is 5. The molecule has 3 aromatic rings. The summed E-state index contributed by atoms with van der Waals surface area (Å²) >= 11 is 0. The van der Waals surface area contributed by atoms with E-state index >= 15 is 0 Å². The molecule has 0 aliphatic carbocycles. The van der Waals surface area contributed by atoms with Crippen molar-refractivity contribution in [1.82, 2.24) is 5.32 Å². The second kappa shape index (κ2) is 7.64. The van der Waals surface area contributed by atoms with Gasteiger partial charge in [0.15, 0.2) is 11.5 Å². The third-order valence-corrected chi connectivity index (χ3v) is 4.29. The summed E-state index contributed by atoms with van der Waals surface area (Å²) in [5.41, 5.74) is 2.34. The van der Waals surface area contributed by atoms with E-state index in [0.29, 0.717) is 6.79 Å². The van der Waals surface area contributed by atoms with Crippen molar-refractivity contribution in [3.63, 3.8) is 0 Å². The molecular weight excluding hydrogens is 338 g/mol. The molecule has 25 heavy (non-hydrogen) atoms. The van der Waals surface area contributed by atoms with E-state index in [-0.39, 0.29) is 12.4 Å². The summed E-state index contributed by atoms with van der Waals surface area (Å²) in [5.74, 6) is 2.54. The number of benzene rings is 3. The molecule has 0 spiro atoms. The molecule has 0 unspecified atom stereocenters. The Morgan fingerprint density at radius 3 is 2.68 bits per heavy atom. The first-order chi connectivity index (χ1) is 11.8. The Morgan fingerprint density at radius 1 is 0.960 bits per heavy atom. The van der Waals surface area contributed by atoms with Gasteiger partial charge in [-0.15, -0.1) is 0 Å². The van der Waals surface area contributed by atoms with Gasteiger partial charge >= 0.3 is 0 Å². The smallest absolute Gasteiger partial charge is 0.231 e. The van der Waals surface area contributed by atoms with E-state index in [1.165, 1.54) is 21.9 Å². The minimum absolute atomic E-state index is 0. The van der Waals surface area contributed by atoms with E-state index < -0.39 is 0 Å². The van der Waals surface area contributed by atoms with Gasteiger partial charge in [0.1, 0.15) is 5.75 Å². The summed E-state index contributed by atoms with van der Waals surface area (Å²) in [6.45, 7) is 1.79. The highest BCUT2D eigenvalue weighted by Crippen LogP contribution is 2.32. The number of methoxy groups -OCH3 is 1. The lowest BCUT2D eigenvalue weighted by molar-refractivity contribution is -0.00000659. The van der Waals surface area contributed by atoms with Crippen LogP contribution in [0.5, 0.6) is 17.2 Å². The average molecular weight is 357 g/mol. The summed E-state index contributed by atoms with van der Waals surface area (Å²) < 4.78 is 16.3. The minimum atomic E-state index is 0. The highest BCUT2D eigenvalue weighted by molar-refractivity contribution is 5.87. The van der Waals surface area contributed by atoms with Gasteiger partial charge in [-0.3, -0.25) is 0 Å². The predicted octanol–water partition coefficient (Wildman–Crippen LogP) is 0.871. The fourth-order valence-corrected chi connectivity index (χ4v) is 3.07. The zero-order chi connectivity index (χ0) is 16.4. The van der Waals surface area contributed by atoms with Gasteiger partial charge in [-0.25, -0.2) is 0 Å². The van der Waals surface area contributed by atoms with Crippen LogP contribution in [-0.2, 0) is 13.1 Å². The van der Waals surface area contributed by atoms with E-state index in [2.05, 4.69) is 41.7 Å². The summed E-state index contributed by atoms with van der Waals surface area (Å²) in [7, 11) is 1.71. The molecule has 1 aliphatic rings. The number of fused-ring (bicyclic) bond motifs is 2. The van der Waals surface area contributed by atoms with E-state index in [0.717, 1.165) is 30.3 Å². The van der Waals surface area contributed by atoms with Crippen LogP contribution in [0.25, 0.3) is 10.8 Å². The fourth-order valence-electron chi connectivity index (χ4n) is 3.07. The molecule has 0 bridgehead atoms. The predicted molar refractivity (Wildman–Crippen MR) is 93.6 cm³/mol. The van der Waals surface area contributed by atoms with Gasteiger partial charge in [0.25, 0.3) is 0 Å². The fraction of sp³-hybridized carbons (Fsp3) is 0.200. The van der Waals surface area contributed by atoms with Crippen LogP contribution in [0.15, 0.2) is 54.6 Å². The number of hydrogen-bond acceptors (Lipinski definition) is 4. The number of halogens is 1. The molecular formula is C20H19ClNO3-. The van der Waals surface area contributed by atoms with Crippen LogP contribution in [-0.4, -0.2) is 13.9 Å². The molecule has 3 aromatic carbocycles. The Hall–Kier alpha value is -2.43. The SMILES string of the molecule is COc1ccc2ccccc2c1CNCc1ccc2c(c1)OCO2.[Cl-]. The Balaban J connectivity index is 0.00000182. The van der Waals surface area contributed by atoms with Crippen LogP contribution in [0.1, 0.15) is 11.1 Å². The zero-order valence-electron chi connectivity index (χ0n) is 13.9. The summed E-state index contributed by atoms with van der Waals surface area (Å²) in [5, 5.41) is 5.94. The van der Waals surface area contributed by atoms with Gasteiger partial charge in [-0.2, -0.15) is 0 Å². The van der Waals surface area contributed by atoms with Crippen LogP contribution in [0.3, 0.4) is 0 Å². The number of nitrogens with one attached hydrogen (secondary N) is 1. The minimum Gasteiger partial charge on any atom is -1.00 e. The van der Waals surface area contributed by atoms with Gasteiger partial charge in [0, 0.05) is 18.7 Å². The maximum absolute atomic E-state index is 5.54. The average Bonchev–Trinajstić information content (AvgIpc) is 3.09. The maximum Gasteiger partial charge on any atom is 0.231 e. The quantitative estimate of drug-likeness (QED) is 0.736. The van der Waals surface area contributed by atoms with E-state index in [4.69, 9.17) is 14.2 Å². The standard InChI is InChI=1S/C20H19NO3.ClH/c1-22-18-9-7-15-4-2-3-5-16(15)17(18)12-21-11-14-6-8-19-20(10-14)24-13-23-19;/h2-10,21H,11-13H2,1H3;1H/p-1. The molecule has 1 N–H and O–H groups in total. The van der Waals surface area contributed by atoms with Crippen molar-refractivity contribution in [2.24, 2.45) is 0 Å². The molecule has 130 valence electrons. The Morgan fingerprint density at radius 2 is 1.80 bits per heavy atom. The van der Waals surface area contributed by atoms with Gasteiger partial charge in [0.05, 0.1) is 7.11 Å². The van der Waals surface area contributed by atoms with Crippen molar-refractivity contribution in [2.75, 3.05) is 13.9 Å². The van der Waals surface area contributed by atoms with Crippen molar-refractivity contribution < 1.29 is 26.6 Å². The van der Waals surface area contributed by atoms with Crippen molar-refractivity contribution in [3.8, 4) is 17.2 Å². The molecule has 0 saturated carbocycles. The van der Waals surface area contributed by atoms with Gasteiger partial charge in [-0.1, -0.05) is 36.4 Å². The molecule has 4 nitrogen and oxygen atoms in total. The van der Waals surface area contributed by atoms with E-state index in [9.17, 15) is 0 Å². The third-order valence-electron chi connectivity index (χ3n) is 4.29. The molecule has 1 heterocycles. The first-order valence-corrected chi connectivity index (χ1v) is 7.99. The first kappa shape index (κ1) is 17.4. The number of ether oxygens (including phenoxy) is 3. The van der Waals surface area contributed by atoms with Gasteiger partial charge in [0.2, 0.25) is 6.79 Å². The summed E-state index contributed by atoms with van der Waals surface area (Å²) in [6, 6.07) is 18.5. The molecule has 1 aliphatic heterocycles. The lowest BCUT2D eigenvalue weighted by atomic mass is 10.0. The largest absolute Gasteiger partial charge is 1.00 e. The third kappa shape index (κ3) is 3.50. The topological polar surface area (TPSA) is 39.7 Å². The lowest BCUT2D eigenvalue weighted by Gasteiger charge is -2.13. The van der Waals surface area contributed by atoms with Gasteiger partial charge in [-0.05, 0) is 34.5 Å². The molecule has 0 radical (unpaired) electrons. The molecule has 0 amide bonds. The van der Waals surface area contributed by atoms with Crippen molar-refractivity contribution in [1.29, 1.82) is 0 Å². The normalized spacial score (nSPS) is 12.0. The maximum atomic E-state index is 5.54. The highest BCUT2D eigenvalue weighted by Gasteiger charge is 2.13. The Bertz CT molecular complexity index is 882. The summed E-state index contributed by atoms with van der Waals surface area (Å²) in [4.78, 5) is 0. The van der Waals surface area contributed by atoms with Crippen LogP contribution >= 0.6 is 0 Å². The second-order valence-corrected chi connectivity index (χ2v) is 5.76. The van der Waals surface area contributed by atoms with Crippen molar-refractivity contribution in [2.45, 2.75) is 13.1 Å². The van der Waals surface area contributed by atoms with Crippen LogP contribution in [0.4, 0.5) is 0 Å². The molecule has 0 fully saturated rings. The van der Waals surface area contributed by atoms with Crippen molar-refractivity contribution in [3.05, 3.63) is 65.7 Å². The molecule has 0 atom stereocenters. The first-order valence-electron chi connectivity index (χ1n) is 7.99. The summed E-state index contributed by atoms with van der Waals surface area (Å²) in [6.07, 6.45) is 0. The monoisotopic (exact) mass is 356 g/mol. The Labute approximate surface area is 153 Å². The molecule has 0 saturated heterocycles. The second-order valence-electron chi connectivity index (χ2n) is 5.76. The van der Waals surface area contributed by atoms with E-state index in [1.54, 1.807) is 7.11 Å².